The zero-order valence-electron chi connectivity index (χ0n) is 16.6. The van der Waals surface area contributed by atoms with Gasteiger partial charge in [-0.1, -0.05) is 32.6 Å². The van der Waals surface area contributed by atoms with Crippen LogP contribution in [0.3, 0.4) is 0 Å². The van der Waals surface area contributed by atoms with Crippen LogP contribution in [0, 0.1) is 17.7 Å². The Morgan fingerprint density at radius 1 is 1.19 bits per heavy atom. The zero-order chi connectivity index (χ0) is 19.2. The van der Waals surface area contributed by atoms with Crippen LogP contribution in [0.15, 0.2) is 24.3 Å². The summed E-state index contributed by atoms with van der Waals surface area (Å²) in [6.45, 7) is 12.4. The lowest BCUT2D eigenvalue weighted by atomic mass is 10.2. The number of hydrogen-bond acceptors (Lipinski definition) is 3. The third kappa shape index (κ3) is 6.42. The van der Waals surface area contributed by atoms with E-state index in [9.17, 15) is 4.39 Å². The largest absolute Gasteiger partial charge is 0.491 e. The Bertz CT molecular complexity index is 625. The predicted octanol–water partition coefficient (Wildman–Crippen LogP) is 5.17. The molecule has 1 aromatic rings. The molecule has 1 aliphatic rings. The Labute approximate surface area is 158 Å². The van der Waals surface area contributed by atoms with Crippen molar-refractivity contribution in [2.45, 2.75) is 70.4 Å². The molecule has 2 rings (SSSR count). The molecule has 1 heterocycles. The molecule has 0 saturated carbocycles. The van der Waals surface area contributed by atoms with Gasteiger partial charge in [-0.05, 0) is 55.2 Å². The molecule has 0 aliphatic carbocycles. The molecule has 0 N–H and O–H groups in total. The van der Waals surface area contributed by atoms with Crippen molar-refractivity contribution in [3.63, 3.8) is 0 Å². The SMILES string of the molecule is CC(C)(C)[Si](C)(C)OCCC#C[C@@H]1CCC(COc2ccc(F)cc2)O1. The fourth-order valence-electron chi connectivity index (χ4n) is 2.41. The van der Waals surface area contributed by atoms with Crippen molar-refractivity contribution in [1.29, 1.82) is 0 Å². The molecule has 1 fully saturated rings. The van der Waals surface area contributed by atoms with Crippen molar-refractivity contribution in [2.75, 3.05) is 13.2 Å². The molecular formula is C21H31FO3Si. The second kappa shape index (κ2) is 9.03. The molecule has 0 aromatic heterocycles. The molecule has 26 heavy (non-hydrogen) atoms. The van der Waals surface area contributed by atoms with Crippen molar-refractivity contribution in [1.82, 2.24) is 0 Å². The molecule has 1 aromatic carbocycles. The van der Waals surface area contributed by atoms with E-state index in [0.29, 0.717) is 19.0 Å². The lowest BCUT2D eigenvalue weighted by Gasteiger charge is -2.35. The van der Waals surface area contributed by atoms with Crippen LogP contribution in [0.4, 0.5) is 4.39 Å². The normalized spacial score (nSPS) is 20.5. The van der Waals surface area contributed by atoms with Gasteiger partial charge < -0.3 is 13.9 Å². The molecule has 2 atom stereocenters. The smallest absolute Gasteiger partial charge is 0.192 e. The van der Waals surface area contributed by atoms with E-state index in [-0.39, 0.29) is 23.1 Å². The van der Waals surface area contributed by atoms with Gasteiger partial charge in [-0.2, -0.15) is 0 Å². The van der Waals surface area contributed by atoms with Crippen molar-refractivity contribution >= 4 is 8.32 Å². The maximum atomic E-state index is 12.9. The Kier molecular flexibility index (Phi) is 7.28. The van der Waals surface area contributed by atoms with E-state index < -0.39 is 8.32 Å². The highest BCUT2D eigenvalue weighted by Crippen LogP contribution is 2.36. The molecule has 3 nitrogen and oxygen atoms in total. The summed E-state index contributed by atoms with van der Waals surface area (Å²) in [5.74, 6) is 6.79. The van der Waals surface area contributed by atoms with Gasteiger partial charge >= 0.3 is 0 Å². The molecule has 5 heteroatoms. The molecule has 0 spiro atoms. The van der Waals surface area contributed by atoms with Gasteiger partial charge in [0.05, 0.1) is 6.10 Å². The zero-order valence-corrected chi connectivity index (χ0v) is 17.6. The fraction of sp³-hybridized carbons (Fsp3) is 0.619. The summed E-state index contributed by atoms with van der Waals surface area (Å²) in [5.41, 5.74) is 0. The lowest BCUT2D eigenvalue weighted by Crippen LogP contribution is -2.40. The standard InChI is InChI=1S/C21H31FO3Si/c1-21(2,3)26(4,5)24-15-7-6-8-19-13-14-20(25-19)16-23-18-11-9-17(22)10-12-18/h9-12,19-20H,7,13-16H2,1-5H3/t19-,20?/m1/s1. The molecule has 144 valence electrons. The third-order valence-corrected chi connectivity index (χ3v) is 9.65. The molecule has 0 bridgehead atoms. The minimum atomic E-state index is -1.68. The summed E-state index contributed by atoms with van der Waals surface area (Å²) >= 11 is 0. The average molecular weight is 379 g/mol. The molecular weight excluding hydrogens is 347 g/mol. The predicted molar refractivity (Wildman–Crippen MR) is 105 cm³/mol. The monoisotopic (exact) mass is 378 g/mol. The van der Waals surface area contributed by atoms with E-state index in [1.807, 2.05) is 0 Å². The molecule has 0 amide bonds. The van der Waals surface area contributed by atoms with Crippen LogP contribution < -0.4 is 4.74 Å². The van der Waals surface area contributed by atoms with Crippen molar-refractivity contribution in [3.05, 3.63) is 30.1 Å². The highest BCUT2D eigenvalue weighted by molar-refractivity contribution is 6.74. The topological polar surface area (TPSA) is 27.7 Å². The first kappa shape index (κ1) is 21.0. The van der Waals surface area contributed by atoms with E-state index in [0.717, 1.165) is 19.3 Å². The molecule has 1 saturated heterocycles. The Hall–Kier alpha value is -1.35. The van der Waals surface area contributed by atoms with Gasteiger partial charge in [0.15, 0.2) is 8.32 Å². The first-order chi connectivity index (χ1) is 12.2. The van der Waals surface area contributed by atoms with Crippen LogP contribution in [-0.4, -0.2) is 33.7 Å². The quantitative estimate of drug-likeness (QED) is 0.388. The van der Waals surface area contributed by atoms with Crippen molar-refractivity contribution < 1.29 is 18.3 Å². The maximum absolute atomic E-state index is 12.9. The third-order valence-electron chi connectivity index (χ3n) is 5.12. The van der Waals surface area contributed by atoms with Gasteiger partial charge in [0.25, 0.3) is 0 Å². The first-order valence-electron chi connectivity index (χ1n) is 9.33. The van der Waals surface area contributed by atoms with Crippen molar-refractivity contribution in [3.8, 4) is 17.6 Å². The van der Waals surface area contributed by atoms with E-state index in [1.54, 1.807) is 12.1 Å². The highest BCUT2D eigenvalue weighted by atomic mass is 28.4. The van der Waals surface area contributed by atoms with Crippen LogP contribution in [-0.2, 0) is 9.16 Å². The van der Waals surface area contributed by atoms with Crippen LogP contribution in [0.5, 0.6) is 5.75 Å². The number of rotatable bonds is 6. The minimum absolute atomic E-state index is 0.0234. The average Bonchev–Trinajstić information content (AvgIpc) is 3.01. The summed E-state index contributed by atoms with van der Waals surface area (Å²) in [4.78, 5) is 0. The van der Waals surface area contributed by atoms with Gasteiger partial charge in [-0.25, -0.2) is 4.39 Å². The lowest BCUT2D eigenvalue weighted by molar-refractivity contribution is 0.0419. The molecule has 1 aliphatic heterocycles. The highest BCUT2D eigenvalue weighted by Gasteiger charge is 2.36. The summed E-state index contributed by atoms with van der Waals surface area (Å²) < 4.78 is 30.6. The number of ether oxygens (including phenoxy) is 2. The summed E-state index contributed by atoms with van der Waals surface area (Å²) in [6.07, 6.45) is 2.62. The van der Waals surface area contributed by atoms with E-state index in [4.69, 9.17) is 13.9 Å². The van der Waals surface area contributed by atoms with E-state index in [2.05, 4.69) is 45.7 Å². The second-order valence-electron chi connectivity index (χ2n) is 8.27. The Morgan fingerprint density at radius 2 is 1.88 bits per heavy atom. The van der Waals surface area contributed by atoms with Gasteiger partial charge in [0.1, 0.15) is 24.3 Å². The number of benzene rings is 1. The summed E-state index contributed by atoms with van der Waals surface area (Å²) in [6, 6.07) is 6.05. The van der Waals surface area contributed by atoms with Gasteiger partial charge in [-0.3, -0.25) is 0 Å². The minimum Gasteiger partial charge on any atom is -0.491 e. The maximum Gasteiger partial charge on any atom is 0.192 e. The molecule has 1 unspecified atom stereocenters. The van der Waals surface area contributed by atoms with Gasteiger partial charge in [0.2, 0.25) is 0 Å². The fourth-order valence-corrected chi connectivity index (χ4v) is 3.46. The van der Waals surface area contributed by atoms with E-state index in [1.165, 1.54) is 12.1 Å². The Balaban J connectivity index is 1.66. The van der Waals surface area contributed by atoms with Crippen LogP contribution in [0.2, 0.25) is 18.1 Å². The van der Waals surface area contributed by atoms with Crippen LogP contribution >= 0.6 is 0 Å². The number of hydrogen-bond donors (Lipinski definition) is 0. The molecule has 0 radical (unpaired) electrons. The summed E-state index contributed by atoms with van der Waals surface area (Å²) in [7, 11) is -1.68. The number of halogens is 1. The Morgan fingerprint density at radius 3 is 2.54 bits per heavy atom. The van der Waals surface area contributed by atoms with Crippen LogP contribution in [0.1, 0.15) is 40.0 Å². The van der Waals surface area contributed by atoms with Crippen LogP contribution in [0.25, 0.3) is 0 Å². The van der Waals surface area contributed by atoms with Gasteiger partial charge in [-0.15, -0.1) is 0 Å². The van der Waals surface area contributed by atoms with Gasteiger partial charge in [0, 0.05) is 13.0 Å². The second-order valence-corrected chi connectivity index (χ2v) is 13.1. The van der Waals surface area contributed by atoms with E-state index >= 15 is 0 Å². The van der Waals surface area contributed by atoms with Crippen molar-refractivity contribution in [2.24, 2.45) is 0 Å². The summed E-state index contributed by atoms with van der Waals surface area (Å²) in [5, 5.41) is 0.229. The first-order valence-corrected chi connectivity index (χ1v) is 12.2.